The first-order valence-electron chi connectivity index (χ1n) is 4.12. The molecule has 1 rings (SSSR count). The minimum absolute atomic E-state index is 0.912. The van der Waals surface area contributed by atoms with Crippen LogP contribution in [0.5, 0.6) is 0 Å². The molecule has 0 saturated heterocycles. The van der Waals surface area contributed by atoms with E-state index >= 15 is 0 Å². The van der Waals surface area contributed by atoms with Crippen molar-refractivity contribution in [2.45, 2.75) is 12.8 Å². The summed E-state index contributed by atoms with van der Waals surface area (Å²) in [5.74, 6) is 5.13. The van der Waals surface area contributed by atoms with Crippen molar-refractivity contribution in [2.24, 2.45) is 5.84 Å². The summed E-state index contributed by atoms with van der Waals surface area (Å²) in [4.78, 5) is 0. The van der Waals surface area contributed by atoms with Gasteiger partial charge in [0.25, 0.3) is 0 Å². The Hall–Kier alpha value is -0.380. The monoisotopic (exact) mass is 240 g/mol. The molecule has 0 fully saturated rings. The molecule has 2 nitrogen and oxygen atoms in total. The largest absolute Gasteiger partial charge is 0.271 e. The molecule has 0 heterocycles. The SMILES string of the molecule is [CH2]c1ccc(Br)cc1CC[CH]NN. The maximum Gasteiger partial charge on any atom is 0.0380 e. The molecule has 0 unspecified atom stereocenters. The quantitative estimate of drug-likeness (QED) is 0.481. The van der Waals surface area contributed by atoms with Gasteiger partial charge in [-0.3, -0.25) is 11.3 Å². The Morgan fingerprint density at radius 3 is 3.00 bits per heavy atom. The highest BCUT2D eigenvalue weighted by molar-refractivity contribution is 9.10. The first kappa shape index (κ1) is 10.7. The predicted octanol–water partition coefficient (Wildman–Crippen LogP) is 2.19. The second-order valence-electron chi connectivity index (χ2n) is 2.82. The molecule has 1 aromatic carbocycles. The lowest BCUT2D eigenvalue weighted by atomic mass is 10.0. The van der Waals surface area contributed by atoms with Gasteiger partial charge in [0.05, 0.1) is 0 Å². The van der Waals surface area contributed by atoms with E-state index in [-0.39, 0.29) is 0 Å². The van der Waals surface area contributed by atoms with Gasteiger partial charge in [-0.05, 0) is 43.0 Å². The smallest absolute Gasteiger partial charge is 0.0380 e. The first-order valence-corrected chi connectivity index (χ1v) is 4.91. The van der Waals surface area contributed by atoms with Crippen molar-refractivity contribution in [1.82, 2.24) is 5.43 Å². The summed E-state index contributed by atoms with van der Waals surface area (Å²) in [5, 5.41) is 0. The number of hydrogen-bond donors (Lipinski definition) is 2. The maximum atomic E-state index is 5.13. The Bertz CT molecular complexity index is 274. The highest BCUT2D eigenvalue weighted by Crippen LogP contribution is 2.17. The number of nitrogens with one attached hydrogen (secondary N) is 1. The maximum absolute atomic E-state index is 5.13. The Morgan fingerprint density at radius 2 is 2.31 bits per heavy atom. The fourth-order valence-corrected chi connectivity index (χ4v) is 1.55. The molecule has 2 radical (unpaired) electrons. The van der Waals surface area contributed by atoms with Crippen LogP contribution in [0, 0.1) is 13.5 Å². The molecule has 13 heavy (non-hydrogen) atoms. The Labute approximate surface area is 87.6 Å². The van der Waals surface area contributed by atoms with Crippen LogP contribution < -0.4 is 11.3 Å². The number of rotatable bonds is 4. The summed E-state index contributed by atoms with van der Waals surface area (Å²) in [7, 11) is 0. The molecule has 0 aliphatic rings. The number of benzene rings is 1. The van der Waals surface area contributed by atoms with E-state index in [0.29, 0.717) is 0 Å². The van der Waals surface area contributed by atoms with Gasteiger partial charge in [0.15, 0.2) is 0 Å². The lowest BCUT2D eigenvalue weighted by Crippen LogP contribution is -2.18. The molecular weight excluding hydrogens is 228 g/mol. The number of hydrazine groups is 1. The Balaban J connectivity index is 2.59. The normalized spacial score (nSPS) is 10.4. The van der Waals surface area contributed by atoms with Crippen LogP contribution in [-0.2, 0) is 6.42 Å². The van der Waals surface area contributed by atoms with E-state index in [1.165, 1.54) is 5.56 Å². The average molecular weight is 241 g/mol. The van der Waals surface area contributed by atoms with Crippen molar-refractivity contribution in [3.05, 3.63) is 47.3 Å². The van der Waals surface area contributed by atoms with Crippen LogP contribution >= 0.6 is 15.9 Å². The summed E-state index contributed by atoms with van der Waals surface area (Å²) >= 11 is 3.43. The lowest BCUT2D eigenvalue weighted by Gasteiger charge is -2.05. The van der Waals surface area contributed by atoms with Gasteiger partial charge in [0, 0.05) is 11.0 Å². The molecule has 0 aliphatic carbocycles. The highest BCUT2D eigenvalue weighted by Gasteiger charge is 1.98. The van der Waals surface area contributed by atoms with Crippen LogP contribution in [0.25, 0.3) is 0 Å². The van der Waals surface area contributed by atoms with E-state index in [2.05, 4.69) is 34.3 Å². The molecule has 0 aromatic heterocycles. The van der Waals surface area contributed by atoms with Crippen LogP contribution in [0.3, 0.4) is 0 Å². The Morgan fingerprint density at radius 1 is 1.54 bits per heavy atom. The van der Waals surface area contributed by atoms with E-state index in [4.69, 9.17) is 5.84 Å². The zero-order chi connectivity index (χ0) is 9.68. The standard InChI is InChI=1S/C10H13BrN2/c1-8-4-5-10(11)7-9(8)3-2-6-13-12/h4-7,13H,1-3,12H2. The van der Waals surface area contributed by atoms with Crippen LogP contribution in [-0.4, -0.2) is 0 Å². The minimum Gasteiger partial charge on any atom is -0.271 e. The van der Waals surface area contributed by atoms with E-state index in [9.17, 15) is 0 Å². The summed E-state index contributed by atoms with van der Waals surface area (Å²) in [5.41, 5.74) is 4.84. The third-order valence-electron chi connectivity index (χ3n) is 1.84. The van der Waals surface area contributed by atoms with Gasteiger partial charge in [0.1, 0.15) is 0 Å². The van der Waals surface area contributed by atoms with Gasteiger partial charge in [-0.15, -0.1) is 0 Å². The highest BCUT2D eigenvalue weighted by atomic mass is 79.9. The molecule has 0 atom stereocenters. The topological polar surface area (TPSA) is 38.0 Å². The molecule has 0 aliphatic heterocycles. The molecule has 70 valence electrons. The van der Waals surface area contributed by atoms with Crippen LogP contribution in [0.1, 0.15) is 17.5 Å². The third-order valence-corrected chi connectivity index (χ3v) is 2.34. The fourth-order valence-electron chi connectivity index (χ4n) is 1.14. The van der Waals surface area contributed by atoms with Gasteiger partial charge in [-0.1, -0.05) is 22.0 Å². The number of nitrogens with two attached hydrogens (primary N) is 1. The molecule has 3 heteroatoms. The molecule has 3 N–H and O–H groups in total. The van der Waals surface area contributed by atoms with E-state index in [1.807, 2.05) is 18.7 Å². The number of hydrogen-bond acceptors (Lipinski definition) is 2. The van der Waals surface area contributed by atoms with Crippen molar-refractivity contribution < 1.29 is 0 Å². The zero-order valence-corrected chi connectivity index (χ0v) is 8.97. The molecule has 0 spiro atoms. The average Bonchev–Trinajstić information content (AvgIpc) is 2.11. The number of halogens is 1. The van der Waals surface area contributed by atoms with Crippen molar-refractivity contribution >= 4 is 15.9 Å². The third kappa shape index (κ3) is 3.46. The van der Waals surface area contributed by atoms with Gasteiger partial charge in [-0.2, -0.15) is 0 Å². The molecule has 0 amide bonds. The number of aryl methyl sites for hydroxylation is 1. The van der Waals surface area contributed by atoms with Crippen LogP contribution in [0.2, 0.25) is 0 Å². The van der Waals surface area contributed by atoms with Crippen molar-refractivity contribution in [3.8, 4) is 0 Å². The van der Waals surface area contributed by atoms with E-state index < -0.39 is 0 Å². The lowest BCUT2D eigenvalue weighted by molar-refractivity contribution is 0.776. The van der Waals surface area contributed by atoms with Gasteiger partial charge in [-0.25, -0.2) is 0 Å². The predicted molar refractivity (Wildman–Crippen MR) is 58.5 cm³/mol. The van der Waals surface area contributed by atoms with E-state index in [0.717, 1.165) is 22.9 Å². The van der Waals surface area contributed by atoms with Crippen LogP contribution in [0.15, 0.2) is 22.7 Å². The minimum atomic E-state index is 0.912. The fraction of sp³-hybridized carbons (Fsp3) is 0.200. The van der Waals surface area contributed by atoms with E-state index in [1.54, 1.807) is 0 Å². The first-order chi connectivity index (χ1) is 6.24. The van der Waals surface area contributed by atoms with Crippen molar-refractivity contribution in [3.63, 3.8) is 0 Å². The van der Waals surface area contributed by atoms with Gasteiger partial charge < -0.3 is 0 Å². The van der Waals surface area contributed by atoms with Crippen LogP contribution in [0.4, 0.5) is 0 Å². The van der Waals surface area contributed by atoms with Crippen molar-refractivity contribution in [2.75, 3.05) is 0 Å². The van der Waals surface area contributed by atoms with Gasteiger partial charge in [0.2, 0.25) is 0 Å². The summed E-state index contributed by atoms with van der Waals surface area (Å²) in [6.45, 7) is 5.79. The van der Waals surface area contributed by atoms with Gasteiger partial charge >= 0.3 is 0 Å². The van der Waals surface area contributed by atoms with Crippen molar-refractivity contribution in [1.29, 1.82) is 0 Å². The molecule has 0 saturated carbocycles. The Kier molecular flexibility index (Phi) is 4.42. The zero-order valence-electron chi connectivity index (χ0n) is 7.39. The second kappa shape index (κ2) is 5.37. The summed E-state index contributed by atoms with van der Waals surface area (Å²) < 4.78 is 1.09. The summed E-state index contributed by atoms with van der Waals surface area (Å²) in [6.07, 6.45) is 1.87. The molecule has 1 aromatic rings. The molecular formula is C10H13BrN2. The second-order valence-corrected chi connectivity index (χ2v) is 3.74. The molecule has 0 bridgehead atoms. The summed E-state index contributed by atoms with van der Waals surface area (Å²) in [6, 6.07) is 6.10.